The summed E-state index contributed by atoms with van der Waals surface area (Å²) < 4.78 is 46.2. The van der Waals surface area contributed by atoms with E-state index < -0.39 is 23.3 Å². The third-order valence-corrected chi connectivity index (χ3v) is 4.31. The normalized spacial score (nSPS) is 12.0. The SMILES string of the molecule is C/N=C(\C)c1ccc(Oc2ccccc2NC(=O)c2cn(C)nc2C(F)(F)F)cc1. The summed E-state index contributed by atoms with van der Waals surface area (Å²) in [5, 5.41) is 5.83. The van der Waals surface area contributed by atoms with Crippen molar-refractivity contribution in [2.45, 2.75) is 13.1 Å². The first-order valence-electron chi connectivity index (χ1n) is 8.92. The molecule has 0 bridgehead atoms. The number of amides is 1. The van der Waals surface area contributed by atoms with E-state index in [0.717, 1.165) is 22.2 Å². The molecule has 0 aliphatic rings. The van der Waals surface area contributed by atoms with Crippen LogP contribution in [0, 0.1) is 0 Å². The Labute approximate surface area is 171 Å². The lowest BCUT2D eigenvalue weighted by molar-refractivity contribution is -0.141. The van der Waals surface area contributed by atoms with E-state index in [0.29, 0.717) is 5.75 Å². The molecular formula is C21H19F3N4O2. The Hall–Kier alpha value is -3.62. The van der Waals surface area contributed by atoms with Crippen molar-refractivity contribution in [1.82, 2.24) is 9.78 Å². The number of aryl methyl sites for hydroxylation is 1. The standard InChI is InChI=1S/C21H19F3N4O2/c1-13(25-2)14-8-10-15(11-9-14)30-18-7-5-4-6-17(18)26-20(29)16-12-28(3)27-19(16)21(22,23)24/h4-12H,1-3H3,(H,26,29)/b25-13+. The number of carbonyl (C=O) groups excluding carboxylic acids is 1. The van der Waals surface area contributed by atoms with Crippen LogP contribution < -0.4 is 10.1 Å². The highest BCUT2D eigenvalue weighted by molar-refractivity contribution is 6.05. The molecular weight excluding hydrogens is 397 g/mol. The van der Waals surface area contributed by atoms with E-state index in [1.807, 2.05) is 19.1 Å². The number of nitrogens with zero attached hydrogens (tertiary/aromatic N) is 3. The van der Waals surface area contributed by atoms with Gasteiger partial charge in [0.1, 0.15) is 5.75 Å². The molecule has 3 aromatic rings. The average molecular weight is 416 g/mol. The smallest absolute Gasteiger partial charge is 0.435 e. The van der Waals surface area contributed by atoms with E-state index in [1.165, 1.54) is 7.05 Å². The summed E-state index contributed by atoms with van der Waals surface area (Å²) in [6, 6.07) is 13.6. The number of benzene rings is 2. The minimum absolute atomic E-state index is 0.231. The number of halogens is 3. The first-order valence-corrected chi connectivity index (χ1v) is 8.92. The second-order valence-electron chi connectivity index (χ2n) is 6.45. The number of hydrogen-bond donors (Lipinski definition) is 1. The summed E-state index contributed by atoms with van der Waals surface area (Å²) in [5.41, 5.74) is 0.214. The summed E-state index contributed by atoms with van der Waals surface area (Å²) in [7, 11) is 3.02. The molecule has 0 saturated heterocycles. The monoisotopic (exact) mass is 416 g/mol. The number of hydrogen-bond acceptors (Lipinski definition) is 4. The van der Waals surface area contributed by atoms with E-state index in [2.05, 4.69) is 15.4 Å². The minimum atomic E-state index is -4.74. The molecule has 1 heterocycles. The van der Waals surface area contributed by atoms with Crippen molar-refractivity contribution in [3.8, 4) is 11.5 Å². The number of aliphatic imine (C=N–C) groups is 1. The van der Waals surface area contributed by atoms with Gasteiger partial charge in [-0.2, -0.15) is 18.3 Å². The van der Waals surface area contributed by atoms with Crippen molar-refractivity contribution in [3.05, 3.63) is 71.5 Å². The summed E-state index contributed by atoms with van der Waals surface area (Å²) in [6.07, 6.45) is -3.72. The van der Waals surface area contributed by atoms with Gasteiger partial charge in [0.05, 0.1) is 11.3 Å². The predicted molar refractivity (Wildman–Crippen MR) is 107 cm³/mol. The zero-order valence-electron chi connectivity index (χ0n) is 16.5. The summed E-state index contributed by atoms with van der Waals surface area (Å²) in [4.78, 5) is 16.6. The number of alkyl halides is 3. The fourth-order valence-corrected chi connectivity index (χ4v) is 2.73. The molecule has 0 spiro atoms. The van der Waals surface area contributed by atoms with Crippen LogP contribution in [0.1, 0.15) is 28.5 Å². The molecule has 6 nitrogen and oxygen atoms in total. The molecule has 30 heavy (non-hydrogen) atoms. The van der Waals surface area contributed by atoms with Gasteiger partial charge in [-0.15, -0.1) is 0 Å². The molecule has 156 valence electrons. The van der Waals surface area contributed by atoms with Crippen LogP contribution in [0.2, 0.25) is 0 Å². The van der Waals surface area contributed by atoms with Crippen molar-refractivity contribution >= 4 is 17.3 Å². The number of para-hydroxylation sites is 2. The Morgan fingerprint density at radius 1 is 1.13 bits per heavy atom. The van der Waals surface area contributed by atoms with Gasteiger partial charge in [0.15, 0.2) is 11.4 Å². The Morgan fingerprint density at radius 2 is 1.80 bits per heavy atom. The second kappa shape index (κ2) is 8.40. The highest BCUT2D eigenvalue weighted by Crippen LogP contribution is 2.33. The van der Waals surface area contributed by atoms with Gasteiger partial charge < -0.3 is 10.1 Å². The van der Waals surface area contributed by atoms with Crippen molar-refractivity contribution in [2.75, 3.05) is 12.4 Å². The molecule has 1 amide bonds. The average Bonchev–Trinajstić information content (AvgIpc) is 3.12. The van der Waals surface area contributed by atoms with Crippen LogP contribution >= 0.6 is 0 Å². The largest absolute Gasteiger partial charge is 0.455 e. The Bertz CT molecular complexity index is 1090. The van der Waals surface area contributed by atoms with Gasteiger partial charge in [0, 0.05) is 26.0 Å². The molecule has 0 fully saturated rings. The van der Waals surface area contributed by atoms with Crippen molar-refractivity contribution < 1.29 is 22.7 Å². The third kappa shape index (κ3) is 4.68. The van der Waals surface area contributed by atoms with Gasteiger partial charge in [-0.1, -0.05) is 12.1 Å². The van der Waals surface area contributed by atoms with Gasteiger partial charge in [0.2, 0.25) is 0 Å². The van der Waals surface area contributed by atoms with Crippen LogP contribution in [0.5, 0.6) is 11.5 Å². The van der Waals surface area contributed by atoms with Crippen LogP contribution in [0.25, 0.3) is 0 Å². The van der Waals surface area contributed by atoms with E-state index >= 15 is 0 Å². The fraction of sp³-hybridized carbons (Fsp3) is 0.190. The van der Waals surface area contributed by atoms with Crippen LogP contribution in [-0.4, -0.2) is 28.4 Å². The first kappa shape index (κ1) is 21.1. The maximum Gasteiger partial charge on any atom is 0.435 e. The molecule has 0 atom stereocenters. The zero-order valence-corrected chi connectivity index (χ0v) is 16.5. The lowest BCUT2D eigenvalue weighted by Gasteiger charge is -2.13. The molecule has 3 rings (SSSR count). The fourth-order valence-electron chi connectivity index (χ4n) is 2.73. The van der Waals surface area contributed by atoms with Crippen molar-refractivity contribution in [3.63, 3.8) is 0 Å². The minimum Gasteiger partial charge on any atom is -0.455 e. The Kier molecular flexibility index (Phi) is 5.91. The second-order valence-corrected chi connectivity index (χ2v) is 6.45. The van der Waals surface area contributed by atoms with Gasteiger partial charge in [-0.25, -0.2) is 0 Å². The molecule has 2 aromatic carbocycles. The molecule has 1 aromatic heterocycles. The molecule has 0 aliphatic carbocycles. The zero-order chi connectivity index (χ0) is 21.9. The van der Waals surface area contributed by atoms with Crippen molar-refractivity contribution in [2.24, 2.45) is 12.0 Å². The maximum atomic E-state index is 13.2. The Morgan fingerprint density at radius 3 is 2.43 bits per heavy atom. The highest BCUT2D eigenvalue weighted by Gasteiger charge is 2.39. The molecule has 0 radical (unpaired) electrons. The number of nitrogens with one attached hydrogen (secondary N) is 1. The summed E-state index contributed by atoms with van der Waals surface area (Å²) in [6.45, 7) is 1.88. The van der Waals surface area contributed by atoms with Crippen LogP contribution in [-0.2, 0) is 13.2 Å². The topological polar surface area (TPSA) is 68.5 Å². The van der Waals surface area contributed by atoms with Crippen LogP contribution in [0.3, 0.4) is 0 Å². The highest BCUT2D eigenvalue weighted by atomic mass is 19.4. The molecule has 9 heteroatoms. The summed E-state index contributed by atoms with van der Waals surface area (Å²) in [5.74, 6) is -0.143. The first-order chi connectivity index (χ1) is 14.2. The van der Waals surface area contributed by atoms with Gasteiger partial charge >= 0.3 is 6.18 Å². The van der Waals surface area contributed by atoms with Gasteiger partial charge in [-0.3, -0.25) is 14.5 Å². The van der Waals surface area contributed by atoms with E-state index in [-0.39, 0.29) is 11.4 Å². The number of rotatable bonds is 5. The third-order valence-electron chi connectivity index (χ3n) is 4.31. The maximum absolute atomic E-state index is 13.2. The molecule has 0 saturated carbocycles. The van der Waals surface area contributed by atoms with Gasteiger partial charge in [-0.05, 0) is 48.9 Å². The van der Waals surface area contributed by atoms with E-state index in [9.17, 15) is 18.0 Å². The quantitative estimate of drug-likeness (QED) is 0.600. The number of ether oxygens (including phenoxy) is 1. The van der Waals surface area contributed by atoms with Gasteiger partial charge in [0.25, 0.3) is 5.91 Å². The van der Waals surface area contributed by atoms with E-state index in [4.69, 9.17) is 4.74 Å². The molecule has 0 aliphatic heterocycles. The van der Waals surface area contributed by atoms with Crippen LogP contribution in [0.4, 0.5) is 18.9 Å². The number of aromatic nitrogens is 2. The summed E-state index contributed by atoms with van der Waals surface area (Å²) >= 11 is 0. The predicted octanol–water partition coefficient (Wildman–Crippen LogP) is 4.92. The lowest BCUT2D eigenvalue weighted by atomic mass is 10.1. The lowest BCUT2D eigenvalue weighted by Crippen LogP contribution is -2.18. The van der Waals surface area contributed by atoms with Crippen molar-refractivity contribution in [1.29, 1.82) is 0 Å². The molecule has 1 N–H and O–H groups in total. The van der Waals surface area contributed by atoms with Crippen LogP contribution in [0.15, 0.2) is 59.7 Å². The number of carbonyl (C=O) groups is 1. The molecule has 0 unspecified atom stereocenters. The number of anilines is 1. The van der Waals surface area contributed by atoms with E-state index in [1.54, 1.807) is 43.4 Å². The Balaban J connectivity index is 1.84.